The molecule has 0 bridgehead atoms. The molecule has 0 radical (unpaired) electrons. The zero-order chi connectivity index (χ0) is 36.5. The second-order valence-corrected chi connectivity index (χ2v) is 15.0. The van der Waals surface area contributed by atoms with Gasteiger partial charge < -0.3 is 20.0 Å². The molecule has 3 aromatic rings. The number of hydrogen-bond donors (Lipinski definition) is 2. The van der Waals surface area contributed by atoms with Gasteiger partial charge in [0.25, 0.3) is 0 Å². The maximum Gasteiger partial charge on any atom is 0.126 e. The van der Waals surface area contributed by atoms with E-state index in [1.165, 1.54) is 11.8 Å². The third kappa shape index (κ3) is 10.2. The number of piperazine rings is 2. The normalized spacial score (nSPS) is 19.5. The average Bonchev–Trinajstić information content (AvgIpc) is 3.13. The van der Waals surface area contributed by atoms with E-state index in [1.54, 1.807) is 25.1 Å². The van der Waals surface area contributed by atoms with E-state index in [4.69, 9.17) is 23.2 Å². The Balaban J connectivity index is 0.000000232. The fraction of sp³-hybridized carbons (Fsp3) is 0.512. The largest absolute Gasteiger partial charge is 0.385 e. The van der Waals surface area contributed by atoms with Crippen molar-refractivity contribution >= 4 is 34.6 Å². The molecule has 3 aromatic carbocycles. The third-order valence-corrected chi connectivity index (χ3v) is 11.4. The molecule has 0 saturated carbocycles. The van der Waals surface area contributed by atoms with Crippen LogP contribution in [0.5, 0.6) is 0 Å². The molecule has 2 aliphatic heterocycles. The number of aliphatic hydroxyl groups is 2. The molecule has 2 aliphatic rings. The molecule has 4 unspecified atom stereocenters. The van der Waals surface area contributed by atoms with Crippen LogP contribution in [0, 0.1) is 24.6 Å². The second kappa shape index (κ2) is 18.2. The number of halogens is 3. The van der Waals surface area contributed by atoms with Crippen molar-refractivity contribution in [3.05, 3.63) is 106 Å². The Morgan fingerprint density at radius 1 is 0.740 bits per heavy atom. The summed E-state index contributed by atoms with van der Waals surface area (Å²) in [6, 6.07) is 21.0. The van der Waals surface area contributed by atoms with E-state index in [2.05, 4.69) is 52.2 Å². The van der Waals surface area contributed by atoms with Gasteiger partial charge in [0.2, 0.25) is 0 Å². The molecule has 0 aliphatic carbocycles. The summed E-state index contributed by atoms with van der Waals surface area (Å²) < 4.78 is 13.7. The molecular formula is C41H57Cl2FN4O2. The first-order valence-corrected chi connectivity index (χ1v) is 18.9. The standard InChI is InChI=1S/C23H30ClFN2O.C18H27ClN2O/c1-4-23(28,19-8-9-22(25)17(2)14-19)18(3)16-26-10-12-27(13-11-26)21-7-5-6-20(24)15-21;1-4-18(22,5-2)15(3)14-20-9-11-21(12-10-20)17-8-6-7-16(19)13-17/h5-9,14-15,18,28H,4,10-13,16H2,1-3H3;4,6-8,13,15,22H,1,5,9-12,14H2,2-3H3. The summed E-state index contributed by atoms with van der Waals surface area (Å²) >= 11 is 12.2. The van der Waals surface area contributed by atoms with Crippen molar-refractivity contribution in [1.82, 2.24) is 9.80 Å². The van der Waals surface area contributed by atoms with Crippen molar-refractivity contribution in [2.45, 2.75) is 58.7 Å². The van der Waals surface area contributed by atoms with Crippen LogP contribution in [-0.4, -0.2) is 91.1 Å². The second-order valence-electron chi connectivity index (χ2n) is 14.1. The van der Waals surface area contributed by atoms with Crippen molar-refractivity contribution < 1.29 is 14.6 Å². The minimum absolute atomic E-state index is 0.0417. The van der Waals surface area contributed by atoms with Crippen LogP contribution in [0.1, 0.15) is 51.7 Å². The average molecular weight is 728 g/mol. The van der Waals surface area contributed by atoms with Crippen molar-refractivity contribution in [3.63, 3.8) is 0 Å². The lowest BCUT2D eigenvalue weighted by Gasteiger charge is -2.41. The van der Waals surface area contributed by atoms with Crippen LogP contribution < -0.4 is 9.80 Å². The molecule has 2 fully saturated rings. The minimum atomic E-state index is -0.956. The molecule has 274 valence electrons. The summed E-state index contributed by atoms with van der Waals surface area (Å²) in [6.45, 7) is 23.2. The lowest BCUT2D eigenvalue weighted by Crippen LogP contribution is -2.50. The zero-order valence-corrected chi connectivity index (χ0v) is 32.1. The maximum absolute atomic E-state index is 13.7. The van der Waals surface area contributed by atoms with Crippen molar-refractivity contribution in [2.24, 2.45) is 11.8 Å². The van der Waals surface area contributed by atoms with Gasteiger partial charge in [-0.2, -0.15) is 0 Å². The Morgan fingerprint density at radius 2 is 1.22 bits per heavy atom. The van der Waals surface area contributed by atoms with Crippen molar-refractivity contribution in [1.29, 1.82) is 0 Å². The molecule has 6 nitrogen and oxygen atoms in total. The number of anilines is 2. The highest BCUT2D eigenvalue weighted by atomic mass is 35.5. The van der Waals surface area contributed by atoms with E-state index in [9.17, 15) is 14.6 Å². The van der Waals surface area contributed by atoms with Gasteiger partial charge in [-0.3, -0.25) is 9.80 Å². The van der Waals surface area contributed by atoms with E-state index < -0.39 is 11.2 Å². The van der Waals surface area contributed by atoms with E-state index in [-0.39, 0.29) is 17.7 Å². The number of nitrogens with zero attached hydrogens (tertiary/aromatic N) is 4. The highest BCUT2D eigenvalue weighted by Crippen LogP contribution is 2.35. The van der Waals surface area contributed by atoms with Crippen LogP contribution >= 0.6 is 23.2 Å². The molecule has 0 aromatic heterocycles. The number of hydrogen-bond acceptors (Lipinski definition) is 6. The van der Waals surface area contributed by atoms with Gasteiger partial charge in [0.1, 0.15) is 5.82 Å². The fourth-order valence-corrected chi connectivity index (χ4v) is 7.62. The lowest BCUT2D eigenvalue weighted by atomic mass is 9.79. The van der Waals surface area contributed by atoms with Gasteiger partial charge in [-0.15, -0.1) is 6.58 Å². The van der Waals surface area contributed by atoms with Crippen molar-refractivity contribution in [3.8, 4) is 0 Å². The number of rotatable bonds is 12. The minimum Gasteiger partial charge on any atom is -0.385 e. The predicted octanol–water partition coefficient (Wildman–Crippen LogP) is 8.27. The van der Waals surface area contributed by atoms with Gasteiger partial charge in [0.05, 0.1) is 11.2 Å². The molecular weight excluding hydrogens is 670 g/mol. The lowest BCUT2D eigenvalue weighted by molar-refractivity contribution is -0.0340. The zero-order valence-electron chi connectivity index (χ0n) is 30.6. The Kier molecular flexibility index (Phi) is 14.6. The first kappa shape index (κ1) is 40.1. The predicted molar refractivity (Wildman–Crippen MR) is 209 cm³/mol. The fourth-order valence-electron chi connectivity index (χ4n) is 7.25. The SMILES string of the molecule is C=CC(O)(CC)C(C)CN1CCN(c2cccc(Cl)c2)CC1.CCC(O)(c1ccc(F)c(C)c1)C(C)CN1CCN(c2cccc(Cl)c2)CC1. The molecule has 0 spiro atoms. The van der Waals surface area contributed by atoms with E-state index in [0.717, 1.165) is 86.7 Å². The molecule has 9 heteroatoms. The Morgan fingerprint density at radius 3 is 1.62 bits per heavy atom. The van der Waals surface area contributed by atoms with Crippen LogP contribution in [0.2, 0.25) is 10.0 Å². The van der Waals surface area contributed by atoms with Gasteiger partial charge in [0, 0.05) is 98.7 Å². The maximum atomic E-state index is 13.7. The highest BCUT2D eigenvalue weighted by Gasteiger charge is 2.36. The third-order valence-electron chi connectivity index (χ3n) is 10.9. The van der Waals surface area contributed by atoms with Crippen molar-refractivity contribution in [2.75, 3.05) is 75.2 Å². The quantitative estimate of drug-likeness (QED) is 0.183. The highest BCUT2D eigenvalue weighted by molar-refractivity contribution is 6.31. The molecule has 0 amide bonds. The Hall–Kier alpha value is -2.65. The molecule has 2 N–H and O–H groups in total. The van der Waals surface area contributed by atoms with Crippen LogP contribution in [-0.2, 0) is 5.60 Å². The van der Waals surface area contributed by atoms with Gasteiger partial charge >= 0.3 is 0 Å². The molecule has 50 heavy (non-hydrogen) atoms. The topological polar surface area (TPSA) is 53.4 Å². The molecule has 5 rings (SSSR count). The molecule has 4 atom stereocenters. The number of aryl methyl sites for hydroxylation is 1. The Labute approximate surface area is 310 Å². The molecule has 2 saturated heterocycles. The van der Waals surface area contributed by atoms with Gasteiger partial charge in [0.15, 0.2) is 0 Å². The summed E-state index contributed by atoms with van der Waals surface area (Å²) in [5, 5.41) is 23.5. The van der Waals surface area contributed by atoms with E-state index >= 15 is 0 Å². The first-order chi connectivity index (χ1) is 23.8. The summed E-state index contributed by atoms with van der Waals surface area (Å²) in [5.41, 5.74) is 2.01. The van der Waals surface area contributed by atoms with Crippen LogP contribution in [0.4, 0.5) is 15.8 Å². The van der Waals surface area contributed by atoms with Gasteiger partial charge in [-0.1, -0.05) is 81.2 Å². The van der Waals surface area contributed by atoms with Gasteiger partial charge in [-0.05, 0) is 73.4 Å². The summed E-state index contributed by atoms with van der Waals surface area (Å²) in [5.74, 6) is -0.000191. The summed E-state index contributed by atoms with van der Waals surface area (Å²) in [7, 11) is 0. The monoisotopic (exact) mass is 726 g/mol. The van der Waals surface area contributed by atoms with Crippen LogP contribution in [0.15, 0.2) is 79.4 Å². The summed E-state index contributed by atoms with van der Waals surface area (Å²) in [4.78, 5) is 9.55. The Bertz CT molecular complexity index is 1530. The number of benzene rings is 3. The van der Waals surface area contributed by atoms with E-state index in [1.807, 2.05) is 50.2 Å². The smallest absolute Gasteiger partial charge is 0.126 e. The molecule has 2 heterocycles. The summed E-state index contributed by atoms with van der Waals surface area (Å²) in [6.07, 6.45) is 3.00. The first-order valence-electron chi connectivity index (χ1n) is 18.1. The van der Waals surface area contributed by atoms with Gasteiger partial charge in [-0.25, -0.2) is 4.39 Å². The van der Waals surface area contributed by atoms with Crippen LogP contribution in [0.25, 0.3) is 0 Å². The van der Waals surface area contributed by atoms with Crippen LogP contribution in [0.3, 0.4) is 0 Å². The van der Waals surface area contributed by atoms with E-state index in [0.29, 0.717) is 18.4 Å².